The zero-order valence-corrected chi connectivity index (χ0v) is 10.6. The molecular formula is C13H20N2O3. The summed E-state index contributed by atoms with van der Waals surface area (Å²) in [6.45, 7) is 3.76. The number of hydrogen-bond acceptors (Lipinski definition) is 5. The van der Waals surface area contributed by atoms with Crippen LogP contribution in [0.5, 0.6) is 11.5 Å². The highest BCUT2D eigenvalue weighted by Gasteiger charge is 2.22. The van der Waals surface area contributed by atoms with Gasteiger partial charge in [-0.2, -0.15) is 0 Å². The van der Waals surface area contributed by atoms with Crippen molar-refractivity contribution in [1.29, 1.82) is 0 Å². The van der Waals surface area contributed by atoms with Gasteiger partial charge in [-0.1, -0.05) is 6.07 Å². The molecule has 1 aliphatic rings. The third kappa shape index (κ3) is 2.75. The first-order valence-corrected chi connectivity index (χ1v) is 6.18. The molecule has 1 aliphatic heterocycles. The Morgan fingerprint density at radius 1 is 1.39 bits per heavy atom. The van der Waals surface area contributed by atoms with Gasteiger partial charge in [-0.3, -0.25) is 4.90 Å². The molecule has 2 rings (SSSR count). The molecule has 0 radical (unpaired) electrons. The lowest BCUT2D eigenvalue weighted by Gasteiger charge is -2.34. The quantitative estimate of drug-likeness (QED) is 0.721. The van der Waals surface area contributed by atoms with Gasteiger partial charge >= 0.3 is 0 Å². The van der Waals surface area contributed by atoms with Crippen LogP contribution in [0.25, 0.3) is 0 Å². The maximum atomic E-state index is 9.60. The second-order valence-corrected chi connectivity index (χ2v) is 4.42. The summed E-state index contributed by atoms with van der Waals surface area (Å²) in [5.41, 5.74) is 0.967. The van der Waals surface area contributed by atoms with E-state index in [2.05, 4.69) is 10.2 Å². The van der Waals surface area contributed by atoms with Crippen molar-refractivity contribution < 1.29 is 14.9 Å². The third-order valence-electron chi connectivity index (χ3n) is 3.35. The second kappa shape index (κ2) is 6.04. The van der Waals surface area contributed by atoms with Gasteiger partial charge in [0.05, 0.1) is 19.8 Å². The number of benzene rings is 1. The van der Waals surface area contributed by atoms with Gasteiger partial charge in [0.15, 0.2) is 11.5 Å². The highest BCUT2D eigenvalue weighted by molar-refractivity contribution is 5.42. The Balaban J connectivity index is 2.20. The lowest BCUT2D eigenvalue weighted by atomic mass is 10.0. The van der Waals surface area contributed by atoms with E-state index < -0.39 is 0 Å². The van der Waals surface area contributed by atoms with Gasteiger partial charge in [-0.05, 0) is 17.7 Å². The van der Waals surface area contributed by atoms with E-state index in [0.717, 1.165) is 31.7 Å². The summed E-state index contributed by atoms with van der Waals surface area (Å²) in [4.78, 5) is 2.24. The Morgan fingerprint density at radius 3 is 2.72 bits per heavy atom. The summed E-state index contributed by atoms with van der Waals surface area (Å²) < 4.78 is 5.11. The minimum absolute atomic E-state index is 0.0402. The molecule has 18 heavy (non-hydrogen) atoms. The molecule has 0 aliphatic carbocycles. The molecule has 0 amide bonds. The van der Waals surface area contributed by atoms with Crippen molar-refractivity contribution in [2.45, 2.75) is 6.04 Å². The number of ether oxygens (including phenoxy) is 1. The zero-order chi connectivity index (χ0) is 13.0. The smallest absolute Gasteiger partial charge is 0.160 e. The molecule has 1 fully saturated rings. The first-order valence-electron chi connectivity index (χ1n) is 6.18. The number of rotatable bonds is 4. The number of nitrogens with one attached hydrogen (secondary N) is 1. The maximum absolute atomic E-state index is 9.60. The molecule has 100 valence electrons. The van der Waals surface area contributed by atoms with E-state index in [1.165, 1.54) is 7.11 Å². The molecule has 3 N–H and O–H groups in total. The monoisotopic (exact) mass is 252 g/mol. The van der Waals surface area contributed by atoms with E-state index in [9.17, 15) is 10.2 Å². The fourth-order valence-electron chi connectivity index (χ4n) is 2.33. The topological polar surface area (TPSA) is 65.0 Å². The number of nitrogens with zero attached hydrogens (tertiary/aromatic N) is 1. The van der Waals surface area contributed by atoms with Crippen molar-refractivity contribution in [3.8, 4) is 11.5 Å². The molecule has 0 saturated carbocycles. The van der Waals surface area contributed by atoms with Crippen LogP contribution in [0, 0.1) is 0 Å². The molecule has 1 aromatic rings. The lowest BCUT2D eigenvalue weighted by molar-refractivity contribution is 0.110. The molecule has 5 heteroatoms. The summed E-state index contributed by atoms with van der Waals surface area (Å²) in [6, 6.07) is 5.19. The minimum atomic E-state index is -0.0402. The van der Waals surface area contributed by atoms with Crippen LogP contribution < -0.4 is 10.1 Å². The standard InChI is InChI=1S/C13H20N2O3/c1-18-13-8-10(2-3-12(13)17)11(9-16)15-6-4-14-5-7-15/h2-3,8,11,14,16-17H,4-7,9H2,1H3/t11-/m1/s1. The van der Waals surface area contributed by atoms with E-state index in [0.29, 0.717) is 5.75 Å². The van der Waals surface area contributed by atoms with Crippen molar-refractivity contribution in [3.63, 3.8) is 0 Å². The Hall–Kier alpha value is -1.30. The Labute approximate surface area is 107 Å². The highest BCUT2D eigenvalue weighted by Crippen LogP contribution is 2.31. The van der Waals surface area contributed by atoms with Crippen molar-refractivity contribution in [1.82, 2.24) is 10.2 Å². The molecule has 0 spiro atoms. The van der Waals surface area contributed by atoms with E-state index in [4.69, 9.17) is 4.74 Å². The minimum Gasteiger partial charge on any atom is -0.504 e. The Kier molecular flexibility index (Phi) is 4.41. The van der Waals surface area contributed by atoms with Gasteiger partial charge in [0.1, 0.15) is 0 Å². The number of aliphatic hydroxyl groups excluding tert-OH is 1. The van der Waals surface area contributed by atoms with Crippen LogP contribution in [0.1, 0.15) is 11.6 Å². The van der Waals surface area contributed by atoms with Gasteiger partial charge in [0.2, 0.25) is 0 Å². The predicted octanol–water partition coefficient (Wildman–Crippen LogP) is 0.339. The zero-order valence-electron chi connectivity index (χ0n) is 10.6. The number of aliphatic hydroxyl groups is 1. The van der Waals surface area contributed by atoms with Gasteiger partial charge in [-0.15, -0.1) is 0 Å². The van der Waals surface area contributed by atoms with E-state index >= 15 is 0 Å². The van der Waals surface area contributed by atoms with Gasteiger partial charge < -0.3 is 20.3 Å². The molecule has 1 saturated heterocycles. The van der Waals surface area contributed by atoms with E-state index in [-0.39, 0.29) is 18.4 Å². The molecule has 1 aromatic carbocycles. The van der Waals surface area contributed by atoms with Crippen LogP contribution in [0.3, 0.4) is 0 Å². The fourth-order valence-corrected chi connectivity index (χ4v) is 2.33. The van der Waals surface area contributed by atoms with Crippen LogP contribution in [-0.2, 0) is 0 Å². The van der Waals surface area contributed by atoms with Crippen LogP contribution in [0.15, 0.2) is 18.2 Å². The summed E-state index contributed by atoms with van der Waals surface area (Å²) in [5, 5.41) is 22.5. The van der Waals surface area contributed by atoms with Crippen LogP contribution in [0.2, 0.25) is 0 Å². The summed E-state index contributed by atoms with van der Waals surface area (Å²) in [6.07, 6.45) is 0. The number of methoxy groups -OCH3 is 1. The Morgan fingerprint density at radius 2 is 2.11 bits per heavy atom. The average molecular weight is 252 g/mol. The molecule has 5 nitrogen and oxygen atoms in total. The number of phenolic OH excluding ortho intramolecular Hbond substituents is 1. The van der Waals surface area contributed by atoms with E-state index in [1.807, 2.05) is 6.07 Å². The molecule has 0 aromatic heterocycles. The maximum Gasteiger partial charge on any atom is 0.160 e. The SMILES string of the molecule is COc1cc([C@@H](CO)N2CCNCC2)ccc1O. The summed E-state index contributed by atoms with van der Waals surface area (Å²) in [7, 11) is 1.53. The first kappa shape index (κ1) is 13.1. The predicted molar refractivity (Wildman–Crippen MR) is 68.9 cm³/mol. The van der Waals surface area contributed by atoms with Gasteiger partial charge in [0, 0.05) is 26.2 Å². The van der Waals surface area contributed by atoms with Gasteiger partial charge in [-0.25, -0.2) is 0 Å². The molecule has 1 atom stereocenters. The number of phenols is 1. The summed E-state index contributed by atoms with van der Waals surface area (Å²) >= 11 is 0. The average Bonchev–Trinajstić information content (AvgIpc) is 2.42. The van der Waals surface area contributed by atoms with E-state index in [1.54, 1.807) is 12.1 Å². The first-order chi connectivity index (χ1) is 8.76. The number of piperazine rings is 1. The fraction of sp³-hybridized carbons (Fsp3) is 0.538. The lowest BCUT2D eigenvalue weighted by Crippen LogP contribution is -2.46. The van der Waals surface area contributed by atoms with Crippen molar-refractivity contribution in [2.75, 3.05) is 39.9 Å². The largest absolute Gasteiger partial charge is 0.504 e. The third-order valence-corrected chi connectivity index (χ3v) is 3.35. The van der Waals surface area contributed by atoms with Crippen molar-refractivity contribution in [2.24, 2.45) is 0 Å². The van der Waals surface area contributed by atoms with Gasteiger partial charge in [0.25, 0.3) is 0 Å². The molecule has 1 heterocycles. The van der Waals surface area contributed by atoms with Crippen LogP contribution in [0.4, 0.5) is 0 Å². The van der Waals surface area contributed by atoms with Crippen LogP contribution in [-0.4, -0.2) is 55.0 Å². The molecule has 0 bridgehead atoms. The van der Waals surface area contributed by atoms with Crippen molar-refractivity contribution >= 4 is 0 Å². The number of aromatic hydroxyl groups is 1. The second-order valence-electron chi connectivity index (χ2n) is 4.42. The van der Waals surface area contributed by atoms with Crippen LogP contribution >= 0.6 is 0 Å². The summed E-state index contributed by atoms with van der Waals surface area (Å²) in [5.74, 6) is 0.569. The normalized spacial score (nSPS) is 18.6. The molecular weight excluding hydrogens is 232 g/mol. The highest BCUT2D eigenvalue weighted by atomic mass is 16.5. The molecule has 0 unspecified atom stereocenters. The Bertz CT molecular complexity index is 392. The number of hydrogen-bond donors (Lipinski definition) is 3. The van der Waals surface area contributed by atoms with Crippen molar-refractivity contribution in [3.05, 3.63) is 23.8 Å².